The van der Waals surface area contributed by atoms with Crippen LogP contribution in [0.2, 0.25) is 0 Å². The van der Waals surface area contributed by atoms with Crippen LogP contribution < -0.4 is 15.8 Å². The Kier molecular flexibility index (Phi) is 4.45. The predicted molar refractivity (Wildman–Crippen MR) is 83.5 cm³/mol. The number of nitrogens with zero attached hydrogens (tertiary/aromatic N) is 1. The molecule has 2 rings (SSSR count). The van der Waals surface area contributed by atoms with Gasteiger partial charge in [-0.2, -0.15) is 0 Å². The molecule has 0 bridgehead atoms. The van der Waals surface area contributed by atoms with Gasteiger partial charge in [0, 0.05) is 11.8 Å². The Balaban J connectivity index is 2.15. The number of nitrogens with one attached hydrogen (secondary N) is 1. The van der Waals surface area contributed by atoms with Gasteiger partial charge in [-0.15, -0.1) is 0 Å². The number of pyridine rings is 1. The van der Waals surface area contributed by atoms with Crippen molar-refractivity contribution in [3.05, 3.63) is 42.1 Å². The SMILES string of the molecule is CCC(C)Oc1cccc(Nc2ncc(N)cc2C)c1. The number of nitrogens with two attached hydrogens (primary N) is 1. The van der Waals surface area contributed by atoms with Gasteiger partial charge in [-0.1, -0.05) is 13.0 Å². The summed E-state index contributed by atoms with van der Waals surface area (Å²) in [5, 5.41) is 3.28. The largest absolute Gasteiger partial charge is 0.491 e. The fourth-order valence-corrected chi connectivity index (χ4v) is 1.83. The molecule has 1 aromatic heterocycles. The van der Waals surface area contributed by atoms with E-state index in [9.17, 15) is 0 Å². The normalized spacial score (nSPS) is 11.9. The molecule has 0 saturated heterocycles. The molecule has 4 heteroatoms. The second kappa shape index (κ2) is 6.28. The molecule has 2 aromatic rings. The third-order valence-corrected chi connectivity index (χ3v) is 3.11. The van der Waals surface area contributed by atoms with Crippen molar-refractivity contribution < 1.29 is 4.74 Å². The van der Waals surface area contributed by atoms with E-state index in [4.69, 9.17) is 10.5 Å². The van der Waals surface area contributed by atoms with E-state index in [1.165, 1.54) is 0 Å². The standard InChI is InChI=1S/C16H21N3O/c1-4-12(3)20-15-7-5-6-14(9-15)19-16-11(2)8-13(17)10-18-16/h5-10,12H,4,17H2,1-3H3,(H,18,19). The van der Waals surface area contributed by atoms with Gasteiger partial charge in [-0.25, -0.2) is 4.98 Å². The van der Waals surface area contributed by atoms with Crippen LogP contribution in [-0.2, 0) is 0 Å². The number of hydrogen-bond acceptors (Lipinski definition) is 4. The van der Waals surface area contributed by atoms with E-state index in [-0.39, 0.29) is 6.10 Å². The molecule has 20 heavy (non-hydrogen) atoms. The minimum Gasteiger partial charge on any atom is -0.491 e. The van der Waals surface area contributed by atoms with Gasteiger partial charge in [0.05, 0.1) is 18.0 Å². The molecule has 0 amide bonds. The van der Waals surface area contributed by atoms with Crippen molar-refractivity contribution in [2.24, 2.45) is 0 Å². The summed E-state index contributed by atoms with van der Waals surface area (Å²) in [5.74, 6) is 1.66. The van der Waals surface area contributed by atoms with Gasteiger partial charge in [-0.3, -0.25) is 0 Å². The van der Waals surface area contributed by atoms with Crippen LogP contribution in [0.3, 0.4) is 0 Å². The first-order chi connectivity index (χ1) is 9.58. The zero-order valence-electron chi connectivity index (χ0n) is 12.2. The van der Waals surface area contributed by atoms with E-state index < -0.39 is 0 Å². The molecule has 106 valence electrons. The van der Waals surface area contributed by atoms with Crippen LogP contribution in [0.5, 0.6) is 5.75 Å². The molecule has 0 saturated carbocycles. The molecule has 0 radical (unpaired) electrons. The maximum Gasteiger partial charge on any atom is 0.133 e. The van der Waals surface area contributed by atoms with Crippen molar-refractivity contribution in [2.45, 2.75) is 33.3 Å². The molecule has 1 unspecified atom stereocenters. The van der Waals surface area contributed by atoms with Crippen LogP contribution in [0.25, 0.3) is 0 Å². The fraction of sp³-hybridized carbons (Fsp3) is 0.312. The Morgan fingerprint density at radius 1 is 1.35 bits per heavy atom. The number of aromatic nitrogens is 1. The minimum absolute atomic E-state index is 0.210. The highest BCUT2D eigenvalue weighted by Crippen LogP contribution is 2.24. The van der Waals surface area contributed by atoms with Crippen molar-refractivity contribution in [3.8, 4) is 5.75 Å². The summed E-state index contributed by atoms with van der Waals surface area (Å²) in [4.78, 5) is 4.30. The number of aryl methyl sites for hydroxylation is 1. The first-order valence-corrected chi connectivity index (χ1v) is 6.84. The zero-order chi connectivity index (χ0) is 14.5. The third-order valence-electron chi connectivity index (χ3n) is 3.11. The van der Waals surface area contributed by atoms with Gasteiger partial charge in [0.25, 0.3) is 0 Å². The average Bonchev–Trinajstić information content (AvgIpc) is 2.42. The Morgan fingerprint density at radius 3 is 2.85 bits per heavy atom. The Bertz CT molecular complexity index is 584. The van der Waals surface area contributed by atoms with Gasteiger partial charge in [0.2, 0.25) is 0 Å². The van der Waals surface area contributed by atoms with Gasteiger partial charge in [0.15, 0.2) is 0 Å². The van der Waals surface area contributed by atoms with Crippen LogP contribution in [0, 0.1) is 6.92 Å². The summed E-state index contributed by atoms with van der Waals surface area (Å²) in [6.07, 6.45) is 2.84. The number of rotatable bonds is 5. The Hall–Kier alpha value is -2.23. The highest BCUT2D eigenvalue weighted by Gasteiger charge is 2.04. The van der Waals surface area contributed by atoms with E-state index in [2.05, 4.69) is 24.1 Å². The number of anilines is 3. The Labute approximate surface area is 120 Å². The van der Waals surface area contributed by atoms with Gasteiger partial charge >= 0.3 is 0 Å². The van der Waals surface area contributed by atoms with Crippen molar-refractivity contribution in [3.63, 3.8) is 0 Å². The van der Waals surface area contributed by atoms with E-state index in [0.717, 1.165) is 29.2 Å². The molecule has 0 fully saturated rings. The predicted octanol–water partition coefficient (Wildman–Crippen LogP) is 3.89. The lowest BCUT2D eigenvalue weighted by Crippen LogP contribution is -2.09. The Morgan fingerprint density at radius 2 is 2.15 bits per heavy atom. The summed E-state index contributed by atoms with van der Waals surface area (Å²) in [6.45, 7) is 6.14. The van der Waals surface area contributed by atoms with Gasteiger partial charge in [-0.05, 0) is 44.0 Å². The molecule has 3 N–H and O–H groups in total. The van der Waals surface area contributed by atoms with E-state index >= 15 is 0 Å². The summed E-state index contributed by atoms with van der Waals surface area (Å²) in [6, 6.07) is 9.78. The van der Waals surface area contributed by atoms with Gasteiger partial charge in [0.1, 0.15) is 11.6 Å². The van der Waals surface area contributed by atoms with Crippen LogP contribution >= 0.6 is 0 Å². The molecule has 0 aliphatic carbocycles. The second-order valence-electron chi connectivity index (χ2n) is 4.92. The topological polar surface area (TPSA) is 60.2 Å². The minimum atomic E-state index is 0.210. The molecular weight excluding hydrogens is 250 g/mol. The van der Waals surface area contributed by atoms with Crippen LogP contribution in [0.1, 0.15) is 25.8 Å². The number of hydrogen-bond donors (Lipinski definition) is 2. The summed E-state index contributed by atoms with van der Waals surface area (Å²) >= 11 is 0. The highest BCUT2D eigenvalue weighted by molar-refractivity contribution is 5.62. The first kappa shape index (κ1) is 14.2. The summed E-state index contributed by atoms with van der Waals surface area (Å²) < 4.78 is 5.81. The maximum atomic E-state index is 5.81. The second-order valence-corrected chi connectivity index (χ2v) is 4.92. The molecule has 0 aliphatic heterocycles. The lowest BCUT2D eigenvalue weighted by Gasteiger charge is -2.14. The fourth-order valence-electron chi connectivity index (χ4n) is 1.83. The van der Waals surface area contributed by atoms with Gasteiger partial charge < -0.3 is 15.8 Å². The molecule has 1 heterocycles. The third kappa shape index (κ3) is 3.63. The highest BCUT2D eigenvalue weighted by atomic mass is 16.5. The lowest BCUT2D eigenvalue weighted by atomic mass is 10.2. The molecule has 4 nitrogen and oxygen atoms in total. The van der Waals surface area contributed by atoms with Crippen molar-refractivity contribution in [2.75, 3.05) is 11.1 Å². The first-order valence-electron chi connectivity index (χ1n) is 6.84. The summed E-state index contributed by atoms with van der Waals surface area (Å²) in [5.41, 5.74) is 8.34. The van der Waals surface area contributed by atoms with E-state index in [1.807, 2.05) is 37.3 Å². The molecule has 0 spiro atoms. The van der Waals surface area contributed by atoms with E-state index in [0.29, 0.717) is 5.69 Å². The quantitative estimate of drug-likeness (QED) is 0.866. The van der Waals surface area contributed by atoms with Crippen LogP contribution in [0.15, 0.2) is 36.5 Å². The lowest BCUT2D eigenvalue weighted by molar-refractivity contribution is 0.217. The molecule has 0 aliphatic rings. The number of nitrogen functional groups attached to an aromatic ring is 1. The van der Waals surface area contributed by atoms with E-state index in [1.54, 1.807) is 6.20 Å². The van der Waals surface area contributed by atoms with Crippen molar-refractivity contribution >= 4 is 17.2 Å². The van der Waals surface area contributed by atoms with Crippen molar-refractivity contribution in [1.29, 1.82) is 0 Å². The van der Waals surface area contributed by atoms with Crippen LogP contribution in [-0.4, -0.2) is 11.1 Å². The molecule has 1 aromatic carbocycles. The monoisotopic (exact) mass is 271 g/mol. The van der Waals surface area contributed by atoms with Crippen LogP contribution in [0.4, 0.5) is 17.2 Å². The average molecular weight is 271 g/mol. The maximum absolute atomic E-state index is 5.81. The molecular formula is C16H21N3O. The van der Waals surface area contributed by atoms with Crippen molar-refractivity contribution in [1.82, 2.24) is 4.98 Å². The number of ether oxygens (including phenoxy) is 1. The summed E-state index contributed by atoms with van der Waals surface area (Å²) in [7, 11) is 0. The number of benzene rings is 1. The smallest absolute Gasteiger partial charge is 0.133 e. The molecule has 1 atom stereocenters. The zero-order valence-corrected chi connectivity index (χ0v) is 12.2.